The van der Waals surface area contributed by atoms with Crippen molar-refractivity contribution in [2.45, 2.75) is 19.2 Å². The van der Waals surface area contributed by atoms with Crippen LogP contribution in [0.1, 0.15) is 5.82 Å². The minimum Gasteiger partial charge on any atom is -0.374 e. The van der Waals surface area contributed by atoms with Crippen molar-refractivity contribution in [2.24, 2.45) is 7.05 Å². The molecule has 0 saturated carbocycles. The fourth-order valence-corrected chi connectivity index (χ4v) is 3.38. The summed E-state index contributed by atoms with van der Waals surface area (Å²) in [6.45, 7) is 4.12. The number of imidazole rings is 1. The van der Waals surface area contributed by atoms with Crippen LogP contribution >= 0.6 is 11.6 Å². The first-order valence-corrected chi connectivity index (χ1v) is 8.49. The summed E-state index contributed by atoms with van der Waals surface area (Å²) in [5.74, 6) is 1.05. The van der Waals surface area contributed by atoms with Crippen LogP contribution in [0.15, 0.2) is 36.7 Å². The predicted octanol–water partition coefficient (Wildman–Crippen LogP) is 2.32. The van der Waals surface area contributed by atoms with Gasteiger partial charge in [0.15, 0.2) is 0 Å². The minimum atomic E-state index is 0.155. The molecule has 126 valence electrons. The molecule has 0 spiro atoms. The van der Waals surface area contributed by atoms with Crippen molar-refractivity contribution in [2.75, 3.05) is 19.7 Å². The Morgan fingerprint density at radius 3 is 3.12 bits per heavy atom. The number of nitrogens with zero attached hydrogens (tertiary/aromatic N) is 5. The number of fused-ring (bicyclic) bond motifs is 1. The summed E-state index contributed by atoms with van der Waals surface area (Å²) in [6, 6.07) is 7.78. The van der Waals surface area contributed by atoms with Crippen molar-refractivity contribution in [1.82, 2.24) is 24.2 Å². The van der Waals surface area contributed by atoms with E-state index >= 15 is 0 Å². The summed E-state index contributed by atoms with van der Waals surface area (Å²) in [5, 5.41) is 4.98. The van der Waals surface area contributed by atoms with Crippen molar-refractivity contribution in [3.63, 3.8) is 0 Å². The van der Waals surface area contributed by atoms with Crippen molar-refractivity contribution >= 4 is 22.6 Å². The number of ether oxygens (including phenoxy) is 1. The van der Waals surface area contributed by atoms with Crippen LogP contribution in [0.2, 0.25) is 5.02 Å². The standard InChI is InChI=1S/C17H20ClN5O/c1-21-16-4-3-13(18)9-15(16)20-17(21)12-22-7-8-24-14(10-22)11-23-6-2-5-19-23/h2-6,9,14H,7-8,10-12H2,1H3/t14-/m0/s1. The molecule has 24 heavy (non-hydrogen) atoms. The van der Waals surface area contributed by atoms with Crippen molar-refractivity contribution in [3.05, 3.63) is 47.5 Å². The van der Waals surface area contributed by atoms with Crippen LogP contribution in [0.3, 0.4) is 0 Å². The molecule has 7 heteroatoms. The molecule has 0 aliphatic carbocycles. The molecular weight excluding hydrogens is 326 g/mol. The van der Waals surface area contributed by atoms with Crippen molar-refractivity contribution in [3.8, 4) is 0 Å². The highest BCUT2D eigenvalue weighted by Gasteiger charge is 2.22. The molecule has 0 unspecified atom stereocenters. The van der Waals surface area contributed by atoms with E-state index in [0.29, 0.717) is 0 Å². The van der Waals surface area contributed by atoms with Gasteiger partial charge in [0, 0.05) is 37.6 Å². The van der Waals surface area contributed by atoms with Gasteiger partial charge in [-0.15, -0.1) is 0 Å². The molecular formula is C17H20ClN5O. The first-order chi connectivity index (χ1) is 11.7. The third-order valence-electron chi connectivity index (χ3n) is 4.47. The van der Waals surface area contributed by atoms with Crippen LogP contribution in [0.25, 0.3) is 11.0 Å². The van der Waals surface area contributed by atoms with Crippen LogP contribution in [0.4, 0.5) is 0 Å². The van der Waals surface area contributed by atoms with E-state index in [4.69, 9.17) is 21.3 Å². The second kappa shape index (κ2) is 6.55. The number of hydrogen-bond acceptors (Lipinski definition) is 4. The molecule has 1 aliphatic heterocycles. The van der Waals surface area contributed by atoms with Crippen LogP contribution in [0, 0.1) is 0 Å². The Morgan fingerprint density at radius 2 is 2.29 bits per heavy atom. The monoisotopic (exact) mass is 345 g/mol. The highest BCUT2D eigenvalue weighted by Crippen LogP contribution is 2.21. The van der Waals surface area contributed by atoms with Gasteiger partial charge >= 0.3 is 0 Å². The summed E-state index contributed by atoms with van der Waals surface area (Å²) in [4.78, 5) is 7.14. The SMILES string of the molecule is Cn1c(CN2CCO[C@H](Cn3cccn3)C2)nc2cc(Cl)ccc21. The van der Waals surface area contributed by atoms with Gasteiger partial charge in [-0.05, 0) is 24.3 Å². The first-order valence-electron chi connectivity index (χ1n) is 8.11. The van der Waals surface area contributed by atoms with E-state index in [1.165, 1.54) is 0 Å². The average molecular weight is 346 g/mol. The number of aromatic nitrogens is 4. The zero-order chi connectivity index (χ0) is 16.5. The first kappa shape index (κ1) is 15.6. The highest BCUT2D eigenvalue weighted by atomic mass is 35.5. The summed E-state index contributed by atoms with van der Waals surface area (Å²) in [7, 11) is 2.06. The van der Waals surface area contributed by atoms with E-state index < -0.39 is 0 Å². The number of morpholine rings is 1. The van der Waals surface area contributed by atoms with Crippen LogP contribution < -0.4 is 0 Å². The maximum Gasteiger partial charge on any atom is 0.123 e. The Bertz CT molecular complexity index is 829. The highest BCUT2D eigenvalue weighted by molar-refractivity contribution is 6.31. The largest absolute Gasteiger partial charge is 0.374 e. The van der Waals surface area contributed by atoms with Crippen LogP contribution in [0.5, 0.6) is 0 Å². The Balaban J connectivity index is 1.47. The quantitative estimate of drug-likeness (QED) is 0.728. The molecule has 0 radical (unpaired) electrons. The van der Waals surface area contributed by atoms with E-state index in [9.17, 15) is 0 Å². The molecule has 1 aliphatic rings. The summed E-state index contributed by atoms with van der Waals surface area (Å²) < 4.78 is 9.94. The van der Waals surface area contributed by atoms with Crippen molar-refractivity contribution < 1.29 is 4.74 Å². The number of rotatable bonds is 4. The summed E-state index contributed by atoms with van der Waals surface area (Å²) >= 11 is 6.07. The van der Waals surface area contributed by atoms with E-state index in [1.54, 1.807) is 6.20 Å². The van der Waals surface area contributed by atoms with Gasteiger partial charge in [-0.3, -0.25) is 9.58 Å². The van der Waals surface area contributed by atoms with Gasteiger partial charge < -0.3 is 9.30 Å². The second-order valence-electron chi connectivity index (χ2n) is 6.18. The lowest BCUT2D eigenvalue weighted by molar-refractivity contribution is -0.0410. The number of benzene rings is 1. The van der Waals surface area contributed by atoms with E-state index in [1.807, 2.05) is 35.1 Å². The summed E-state index contributed by atoms with van der Waals surface area (Å²) in [6.07, 6.45) is 3.92. The Morgan fingerprint density at radius 1 is 1.38 bits per heavy atom. The van der Waals surface area contributed by atoms with Gasteiger partial charge in [0.05, 0.1) is 36.8 Å². The number of hydrogen-bond donors (Lipinski definition) is 0. The summed E-state index contributed by atoms with van der Waals surface area (Å²) in [5.41, 5.74) is 2.05. The zero-order valence-electron chi connectivity index (χ0n) is 13.6. The molecule has 4 rings (SSSR count). The normalized spacial score (nSPS) is 19.2. The second-order valence-corrected chi connectivity index (χ2v) is 6.61. The maximum absolute atomic E-state index is 6.07. The molecule has 0 amide bonds. The molecule has 0 bridgehead atoms. The fourth-order valence-electron chi connectivity index (χ4n) is 3.22. The zero-order valence-corrected chi connectivity index (χ0v) is 14.4. The van der Waals surface area contributed by atoms with Gasteiger partial charge in [0.1, 0.15) is 5.82 Å². The van der Waals surface area contributed by atoms with Gasteiger partial charge in [-0.25, -0.2) is 4.98 Å². The van der Waals surface area contributed by atoms with E-state index in [2.05, 4.69) is 21.6 Å². The lowest BCUT2D eigenvalue weighted by atomic mass is 10.2. The number of halogens is 1. The Kier molecular flexibility index (Phi) is 4.26. The van der Waals surface area contributed by atoms with Gasteiger partial charge in [-0.2, -0.15) is 5.10 Å². The number of aryl methyl sites for hydroxylation is 1. The van der Waals surface area contributed by atoms with Crippen molar-refractivity contribution in [1.29, 1.82) is 0 Å². The molecule has 3 heterocycles. The van der Waals surface area contributed by atoms with Gasteiger partial charge in [-0.1, -0.05) is 11.6 Å². The smallest absolute Gasteiger partial charge is 0.123 e. The molecule has 1 aromatic carbocycles. The average Bonchev–Trinajstić information content (AvgIpc) is 3.17. The van der Waals surface area contributed by atoms with Crippen LogP contribution in [-0.4, -0.2) is 50.0 Å². The fraction of sp³-hybridized carbons (Fsp3) is 0.412. The molecule has 3 aromatic rings. The Labute approximate surface area is 145 Å². The molecule has 2 aromatic heterocycles. The molecule has 1 saturated heterocycles. The molecule has 1 atom stereocenters. The minimum absolute atomic E-state index is 0.155. The van der Waals surface area contributed by atoms with Gasteiger partial charge in [0.2, 0.25) is 0 Å². The lowest BCUT2D eigenvalue weighted by Crippen LogP contribution is -2.44. The van der Waals surface area contributed by atoms with Gasteiger partial charge in [0.25, 0.3) is 0 Å². The molecule has 6 nitrogen and oxygen atoms in total. The van der Waals surface area contributed by atoms with E-state index in [-0.39, 0.29) is 6.10 Å². The predicted molar refractivity (Wildman–Crippen MR) is 93.0 cm³/mol. The van der Waals surface area contributed by atoms with Crippen LogP contribution in [-0.2, 0) is 24.9 Å². The lowest BCUT2D eigenvalue weighted by Gasteiger charge is -2.32. The third kappa shape index (κ3) is 3.17. The molecule has 0 N–H and O–H groups in total. The third-order valence-corrected chi connectivity index (χ3v) is 4.71. The molecule has 1 fully saturated rings. The Hall–Kier alpha value is -1.89. The topological polar surface area (TPSA) is 48.1 Å². The van der Waals surface area contributed by atoms with E-state index in [0.717, 1.165) is 54.7 Å². The maximum atomic E-state index is 6.07.